The van der Waals surface area contributed by atoms with Crippen molar-refractivity contribution in [3.63, 3.8) is 0 Å². The molecule has 14 heavy (non-hydrogen) atoms. The molecule has 5 heteroatoms. The van der Waals surface area contributed by atoms with E-state index < -0.39 is 7.82 Å². The topological polar surface area (TPSA) is 66.8 Å². The zero-order valence-corrected chi connectivity index (χ0v) is 9.45. The smallest absolute Gasteiger partial charge is 0.413 e. The molecule has 4 nitrogen and oxygen atoms in total. The quantitative estimate of drug-likeness (QED) is 0.376. The fourth-order valence-electron chi connectivity index (χ4n) is 1.06. The first kappa shape index (κ1) is 13.7. The largest absolute Gasteiger partial charge is 0.524 e. The van der Waals surface area contributed by atoms with Crippen LogP contribution in [0.2, 0.25) is 0 Å². The van der Waals surface area contributed by atoms with Crippen LogP contribution in [0.15, 0.2) is 12.3 Å². The molecule has 0 aromatic heterocycles. The first-order valence-corrected chi connectivity index (χ1v) is 6.48. The summed E-state index contributed by atoms with van der Waals surface area (Å²) in [5, 5.41) is 0. The van der Waals surface area contributed by atoms with Crippen LogP contribution in [0.4, 0.5) is 0 Å². The summed E-state index contributed by atoms with van der Waals surface area (Å²) in [6, 6.07) is 0. The first-order chi connectivity index (χ1) is 6.56. The monoisotopic (exact) mass is 222 g/mol. The van der Waals surface area contributed by atoms with Crippen LogP contribution in [0.25, 0.3) is 0 Å². The molecule has 0 aliphatic rings. The van der Waals surface area contributed by atoms with E-state index in [9.17, 15) is 4.57 Å². The van der Waals surface area contributed by atoms with Crippen molar-refractivity contribution in [1.82, 2.24) is 0 Å². The second-order valence-corrected chi connectivity index (χ2v) is 4.36. The van der Waals surface area contributed by atoms with E-state index in [4.69, 9.17) is 9.79 Å². The fraction of sp³-hybridized carbons (Fsp3) is 0.778. The van der Waals surface area contributed by atoms with Gasteiger partial charge in [-0.2, -0.15) is 0 Å². The molecule has 0 aromatic carbocycles. The summed E-state index contributed by atoms with van der Waals surface area (Å²) in [6.45, 7) is 2.16. The highest BCUT2D eigenvalue weighted by molar-refractivity contribution is 7.46. The number of rotatable bonds is 8. The molecule has 0 radical (unpaired) electrons. The molecule has 0 aliphatic heterocycles. The van der Waals surface area contributed by atoms with Crippen molar-refractivity contribution < 1.29 is 18.9 Å². The predicted molar refractivity (Wildman–Crippen MR) is 55.6 cm³/mol. The maximum absolute atomic E-state index is 10.2. The molecule has 0 atom stereocenters. The van der Waals surface area contributed by atoms with Gasteiger partial charge in [0.1, 0.15) is 0 Å². The van der Waals surface area contributed by atoms with Gasteiger partial charge in [0.2, 0.25) is 0 Å². The van der Waals surface area contributed by atoms with Crippen molar-refractivity contribution in [2.45, 2.75) is 45.4 Å². The zero-order chi connectivity index (χ0) is 10.9. The van der Waals surface area contributed by atoms with Crippen LogP contribution >= 0.6 is 7.82 Å². The SMILES string of the molecule is CCCCCCC/C=C/OP(=O)(O)O. The van der Waals surface area contributed by atoms with Crippen molar-refractivity contribution in [1.29, 1.82) is 0 Å². The van der Waals surface area contributed by atoms with Gasteiger partial charge >= 0.3 is 7.82 Å². The van der Waals surface area contributed by atoms with Crippen molar-refractivity contribution >= 4 is 7.82 Å². The molecule has 0 aliphatic carbocycles. The number of hydrogen-bond donors (Lipinski definition) is 2. The second kappa shape index (κ2) is 8.04. The van der Waals surface area contributed by atoms with Crippen LogP contribution in [0, 0.1) is 0 Å². The number of hydrogen-bond acceptors (Lipinski definition) is 2. The third-order valence-electron chi connectivity index (χ3n) is 1.77. The average Bonchev–Trinajstić information content (AvgIpc) is 2.08. The van der Waals surface area contributed by atoms with Crippen LogP contribution in [-0.2, 0) is 9.09 Å². The molecule has 0 heterocycles. The lowest BCUT2D eigenvalue weighted by molar-refractivity contribution is 0.258. The van der Waals surface area contributed by atoms with Crippen LogP contribution in [0.5, 0.6) is 0 Å². The van der Waals surface area contributed by atoms with Crippen LogP contribution in [0.3, 0.4) is 0 Å². The van der Waals surface area contributed by atoms with E-state index in [0.717, 1.165) is 25.5 Å². The molecular formula is C9H19O4P. The van der Waals surface area contributed by atoms with E-state index in [1.54, 1.807) is 6.08 Å². The Kier molecular flexibility index (Phi) is 7.86. The summed E-state index contributed by atoms with van der Waals surface area (Å²) in [7, 11) is -4.32. The molecule has 0 saturated heterocycles. The molecule has 0 rings (SSSR count). The minimum atomic E-state index is -4.32. The van der Waals surface area contributed by atoms with E-state index in [0.29, 0.717) is 0 Å². The summed E-state index contributed by atoms with van der Waals surface area (Å²) < 4.78 is 14.4. The highest BCUT2D eigenvalue weighted by Crippen LogP contribution is 2.35. The molecule has 0 saturated carbocycles. The van der Waals surface area contributed by atoms with Crippen LogP contribution in [-0.4, -0.2) is 9.79 Å². The number of unbranched alkanes of at least 4 members (excludes halogenated alkanes) is 5. The van der Waals surface area contributed by atoms with Crippen molar-refractivity contribution in [2.24, 2.45) is 0 Å². The maximum Gasteiger partial charge on any atom is 0.524 e. The van der Waals surface area contributed by atoms with Gasteiger partial charge < -0.3 is 4.52 Å². The Bertz CT molecular complexity index is 197. The lowest BCUT2D eigenvalue weighted by Gasteiger charge is -2.00. The molecule has 0 aromatic rings. The zero-order valence-electron chi connectivity index (χ0n) is 8.56. The third kappa shape index (κ3) is 11.7. The van der Waals surface area contributed by atoms with Gasteiger partial charge in [0.25, 0.3) is 0 Å². The van der Waals surface area contributed by atoms with Gasteiger partial charge in [-0.15, -0.1) is 0 Å². The summed E-state index contributed by atoms with van der Waals surface area (Å²) in [5.41, 5.74) is 0. The maximum atomic E-state index is 10.2. The van der Waals surface area contributed by atoms with Gasteiger partial charge in [-0.3, -0.25) is 9.79 Å². The van der Waals surface area contributed by atoms with E-state index in [1.165, 1.54) is 19.3 Å². The molecule has 84 valence electrons. The molecule has 2 N–H and O–H groups in total. The molecular weight excluding hydrogens is 203 g/mol. The third-order valence-corrected chi connectivity index (χ3v) is 2.17. The minimum Gasteiger partial charge on any atom is -0.413 e. The number of phosphoric acid groups is 1. The van der Waals surface area contributed by atoms with E-state index in [2.05, 4.69) is 11.4 Å². The Labute approximate surface area is 85.2 Å². The van der Waals surface area contributed by atoms with Gasteiger partial charge in [-0.25, -0.2) is 4.57 Å². The summed E-state index contributed by atoms with van der Waals surface area (Å²) >= 11 is 0. The molecule has 0 unspecified atom stereocenters. The van der Waals surface area contributed by atoms with Gasteiger partial charge in [-0.05, 0) is 18.9 Å². The highest BCUT2D eigenvalue weighted by atomic mass is 31.2. The summed E-state index contributed by atoms with van der Waals surface area (Å²) in [4.78, 5) is 16.7. The molecule has 0 bridgehead atoms. The highest BCUT2D eigenvalue weighted by Gasteiger charge is 2.10. The lowest BCUT2D eigenvalue weighted by Crippen LogP contribution is -1.79. The van der Waals surface area contributed by atoms with Crippen molar-refractivity contribution in [3.8, 4) is 0 Å². The Morgan fingerprint density at radius 3 is 2.43 bits per heavy atom. The average molecular weight is 222 g/mol. The standard InChI is InChI=1S/C9H19O4P/c1-2-3-4-5-6-7-8-9-13-14(10,11)12/h8-9H,2-7H2,1H3,(H2,10,11,12)/b9-8+. The Morgan fingerprint density at radius 2 is 1.86 bits per heavy atom. The van der Waals surface area contributed by atoms with Crippen LogP contribution < -0.4 is 0 Å². The molecule has 0 fully saturated rings. The van der Waals surface area contributed by atoms with Gasteiger partial charge in [0, 0.05) is 0 Å². The predicted octanol–water partition coefficient (Wildman–Crippen LogP) is 2.97. The number of allylic oxidation sites excluding steroid dienone is 1. The molecule has 0 amide bonds. The fourth-order valence-corrected chi connectivity index (χ4v) is 1.30. The first-order valence-electron chi connectivity index (χ1n) is 4.95. The minimum absolute atomic E-state index is 0.809. The van der Waals surface area contributed by atoms with Gasteiger partial charge in [-0.1, -0.05) is 32.6 Å². The molecule has 0 spiro atoms. The normalized spacial score (nSPS) is 12.2. The Morgan fingerprint density at radius 1 is 1.21 bits per heavy atom. The summed E-state index contributed by atoms with van der Waals surface area (Å²) in [6.07, 6.45) is 9.44. The Balaban J connectivity index is 3.24. The lowest BCUT2D eigenvalue weighted by atomic mass is 10.1. The van der Waals surface area contributed by atoms with Crippen molar-refractivity contribution in [3.05, 3.63) is 12.3 Å². The van der Waals surface area contributed by atoms with Gasteiger partial charge in [0.05, 0.1) is 6.26 Å². The van der Waals surface area contributed by atoms with Crippen molar-refractivity contribution in [2.75, 3.05) is 0 Å². The second-order valence-electron chi connectivity index (χ2n) is 3.17. The van der Waals surface area contributed by atoms with E-state index in [-0.39, 0.29) is 0 Å². The van der Waals surface area contributed by atoms with E-state index >= 15 is 0 Å². The van der Waals surface area contributed by atoms with E-state index in [1.807, 2.05) is 0 Å². The summed E-state index contributed by atoms with van der Waals surface area (Å²) in [5.74, 6) is 0. The van der Waals surface area contributed by atoms with Crippen LogP contribution in [0.1, 0.15) is 45.4 Å². The van der Waals surface area contributed by atoms with Gasteiger partial charge in [0.15, 0.2) is 0 Å². The Hall–Kier alpha value is -0.310. The number of phosphoric ester groups is 1.